The molecule has 3 nitrogen and oxygen atoms in total. The second-order valence-electron chi connectivity index (χ2n) is 3.03. The van der Waals surface area contributed by atoms with E-state index >= 15 is 0 Å². The van der Waals surface area contributed by atoms with Crippen LogP contribution in [-0.2, 0) is 4.79 Å². The summed E-state index contributed by atoms with van der Waals surface area (Å²) >= 11 is 0. The number of anilines is 1. The summed E-state index contributed by atoms with van der Waals surface area (Å²) in [7, 11) is 0. The molecule has 0 bridgehead atoms. The molecule has 2 N–H and O–H groups in total. The van der Waals surface area contributed by atoms with Gasteiger partial charge in [-0.3, -0.25) is 0 Å². The fourth-order valence-corrected chi connectivity index (χ4v) is 1.13. The lowest BCUT2D eigenvalue weighted by Gasteiger charge is -2.07. The van der Waals surface area contributed by atoms with Crippen molar-refractivity contribution in [1.29, 1.82) is 0 Å². The molecule has 0 aliphatic heterocycles. The van der Waals surface area contributed by atoms with Gasteiger partial charge in [-0.25, -0.2) is 9.18 Å². The molecule has 15 heavy (non-hydrogen) atoms. The van der Waals surface area contributed by atoms with Gasteiger partial charge in [-0.15, -0.1) is 0 Å². The number of rotatable bonds is 4. The van der Waals surface area contributed by atoms with E-state index < -0.39 is 5.97 Å². The number of carboxylic acids is 1. The third-order valence-corrected chi connectivity index (χ3v) is 1.94. The van der Waals surface area contributed by atoms with Crippen LogP contribution in [0.5, 0.6) is 0 Å². The Morgan fingerprint density at radius 3 is 3.00 bits per heavy atom. The minimum atomic E-state index is -0.993. The average Bonchev–Trinajstić information content (AvgIpc) is 2.18. The van der Waals surface area contributed by atoms with Crippen LogP contribution in [0.15, 0.2) is 30.4 Å². The molecular formula is C11H12FNO2. The molecular weight excluding hydrogens is 197 g/mol. The highest BCUT2D eigenvalue weighted by Gasteiger charge is 2.00. The summed E-state index contributed by atoms with van der Waals surface area (Å²) in [5.74, 6) is -1.27. The lowest BCUT2D eigenvalue weighted by Crippen LogP contribution is -2.02. The SMILES string of the molecule is Cc1c(F)cccc1NC/C=C/C(=O)O. The van der Waals surface area contributed by atoms with E-state index in [-0.39, 0.29) is 5.82 Å². The zero-order valence-corrected chi connectivity index (χ0v) is 8.33. The van der Waals surface area contributed by atoms with Crippen LogP contribution in [-0.4, -0.2) is 17.6 Å². The van der Waals surface area contributed by atoms with Gasteiger partial charge in [0.2, 0.25) is 0 Å². The Bertz CT molecular complexity index is 388. The standard InChI is InChI=1S/C11H12FNO2/c1-8-9(12)4-2-5-10(8)13-7-3-6-11(14)15/h2-6,13H,7H2,1H3,(H,14,15)/b6-3+. The van der Waals surface area contributed by atoms with E-state index in [1.165, 1.54) is 12.1 Å². The van der Waals surface area contributed by atoms with Crippen molar-refractivity contribution in [2.24, 2.45) is 0 Å². The zero-order chi connectivity index (χ0) is 11.3. The quantitative estimate of drug-likeness (QED) is 0.747. The summed E-state index contributed by atoms with van der Waals surface area (Å²) in [6.07, 6.45) is 2.51. The van der Waals surface area contributed by atoms with E-state index in [0.717, 1.165) is 6.08 Å². The second kappa shape index (κ2) is 5.14. The van der Waals surface area contributed by atoms with Crippen molar-refractivity contribution >= 4 is 11.7 Å². The van der Waals surface area contributed by atoms with Gasteiger partial charge in [-0.2, -0.15) is 0 Å². The van der Waals surface area contributed by atoms with Crippen molar-refractivity contribution in [3.63, 3.8) is 0 Å². The summed E-state index contributed by atoms with van der Waals surface area (Å²) in [4.78, 5) is 10.2. The summed E-state index contributed by atoms with van der Waals surface area (Å²) in [6.45, 7) is 2.02. The normalized spacial score (nSPS) is 10.5. The maximum absolute atomic E-state index is 13.1. The highest BCUT2D eigenvalue weighted by Crippen LogP contribution is 2.16. The van der Waals surface area contributed by atoms with Gasteiger partial charge in [0, 0.05) is 23.9 Å². The number of benzene rings is 1. The molecule has 1 aromatic carbocycles. The van der Waals surface area contributed by atoms with E-state index in [0.29, 0.717) is 17.8 Å². The lowest BCUT2D eigenvalue weighted by molar-refractivity contribution is -0.131. The largest absolute Gasteiger partial charge is 0.478 e. The van der Waals surface area contributed by atoms with Crippen LogP contribution in [0.4, 0.5) is 10.1 Å². The number of hydrogen-bond donors (Lipinski definition) is 2. The summed E-state index contributed by atoms with van der Waals surface area (Å²) in [5.41, 5.74) is 1.20. The molecule has 0 radical (unpaired) electrons. The Kier molecular flexibility index (Phi) is 3.85. The molecule has 0 unspecified atom stereocenters. The van der Waals surface area contributed by atoms with E-state index in [1.54, 1.807) is 19.1 Å². The van der Waals surface area contributed by atoms with Crippen molar-refractivity contribution in [2.75, 3.05) is 11.9 Å². The van der Waals surface area contributed by atoms with Crippen molar-refractivity contribution in [2.45, 2.75) is 6.92 Å². The van der Waals surface area contributed by atoms with Crippen LogP contribution < -0.4 is 5.32 Å². The van der Waals surface area contributed by atoms with Gasteiger partial charge >= 0.3 is 5.97 Å². The zero-order valence-electron chi connectivity index (χ0n) is 8.33. The first-order valence-electron chi connectivity index (χ1n) is 4.49. The maximum atomic E-state index is 13.1. The number of halogens is 1. The molecule has 0 heterocycles. The Hall–Kier alpha value is -1.84. The lowest BCUT2D eigenvalue weighted by atomic mass is 10.2. The Balaban J connectivity index is 2.58. The number of nitrogens with one attached hydrogen (secondary N) is 1. The predicted octanol–water partition coefficient (Wildman–Crippen LogP) is 2.19. The van der Waals surface area contributed by atoms with Crippen LogP contribution in [0.25, 0.3) is 0 Å². The molecule has 0 amide bonds. The molecule has 80 valence electrons. The first-order chi connectivity index (χ1) is 7.11. The minimum Gasteiger partial charge on any atom is -0.478 e. The third kappa shape index (κ3) is 3.42. The molecule has 0 aliphatic carbocycles. The number of hydrogen-bond acceptors (Lipinski definition) is 2. The predicted molar refractivity (Wildman–Crippen MR) is 56.4 cm³/mol. The molecule has 0 aliphatic rings. The molecule has 0 fully saturated rings. The smallest absolute Gasteiger partial charge is 0.328 e. The highest BCUT2D eigenvalue weighted by molar-refractivity contribution is 5.79. The van der Waals surface area contributed by atoms with E-state index in [9.17, 15) is 9.18 Å². The average molecular weight is 209 g/mol. The highest BCUT2D eigenvalue weighted by atomic mass is 19.1. The first kappa shape index (κ1) is 11.2. The van der Waals surface area contributed by atoms with Crippen molar-refractivity contribution < 1.29 is 14.3 Å². The van der Waals surface area contributed by atoms with E-state index in [2.05, 4.69) is 5.32 Å². The van der Waals surface area contributed by atoms with Gasteiger partial charge in [0.15, 0.2) is 0 Å². The van der Waals surface area contributed by atoms with E-state index in [4.69, 9.17) is 5.11 Å². The van der Waals surface area contributed by atoms with Gasteiger partial charge in [0.1, 0.15) is 5.82 Å². The summed E-state index contributed by atoms with van der Waals surface area (Å²) in [5, 5.41) is 11.3. The van der Waals surface area contributed by atoms with Crippen LogP contribution in [0.3, 0.4) is 0 Å². The van der Waals surface area contributed by atoms with Gasteiger partial charge in [0.25, 0.3) is 0 Å². The topological polar surface area (TPSA) is 49.3 Å². The van der Waals surface area contributed by atoms with Crippen LogP contribution >= 0.6 is 0 Å². The minimum absolute atomic E-state index is 0.276. The van der Waals surface area contributed by atoms with Crippen LogP contribution in [0.2, 0.25) is 0 Å². The van der Waals surface area contributed by atoms with Gasteiger partial charge in [0.05, 0.1) is 0 Å². The molecule has 1 aromatic rings. The summed E-state index contributed by atoms with van der Waals surface area (Å²) < 4.78 is 13.1. The number of carboxylic acid groups (broad SMARTS) is 1. The fourth-order valence-electron chi connectivity index (χ4n) is 1.13. The van der Waals surface area contributed by atoms with Crippen molar-refractivity contribution in [1.82, 2.24) is 0 Å². The molecule has 0 atom stereocenters. The Morgan fingerprint density at radius 1 is 1.60 bits per heavy atom. The van der Waals surface area contributed by atoms with Gasteiger partial charge in [-0.05, 0) is 19.1 Å². The molecule has 0 aromatic heterocycles. The van der Waals surface area contributed by atoms with Gasteiger partial charge in [-0.1, -0.05) is 12.1 Å². The number of aliphatic carboxylic acids is 1. The Labute approximate surface area is 87.2 Å². The first-order valence-corrected chi connectivity index (χ1v) is 4.49. The molecule has 1 rings (SSSR count). The molecule has 4 heteroatoms. The Morgan fingerprint density at radius 2 is 2.33 bits per heavy atom. The molecule has 0 saturated carbocycles. The maximum Gasteiger partial charge on any atom is 0.328 e. The van der Waals surface area contributed by atoms with Crippen LogP contribution in [0, 0.1) is 12.7 Å². The second-order valence-corrected chi connectivity index (χ2v) is 3.03. The monoisotopic (exact) mass is 209 g/mol. The molecule has 0 saturated heterocycles. The van der Waals surface area contributed by atoms with Crippen LogP contribution in [0.1, 0.15) is 5.56 Å². The van der Waals surface area contributed by atoms with Crippen molar-refractivity contribution in [3.8, 4) is 0 Å². The summed E-state index contributed by atoms with van der Waals surface area (Å²) in [6, 6.07) is 4.73. The van der Waals surface area contributed by atoms with E-state index in [1.807, 2.05) is 0 Å². The molecule has 0 spiro atoms. The van der Waals surface area contributed by atoms with Gasteiger partial charge < -0.3 is 10.4 Å². The van der Waals surface area contributed by atoms with Crippen molar-refractivity contribution in [3.05, 3.63) is 41.7 Å². The number of carbonyl (C=O) groups is 1. The fraction of sp³-hybridized carbons (Fsp3) is 0.182. The third-order valence-electron chi connectivity index (χ3n) is 1.94.